The number of nitrogens with zero attached hydrogens (tertiary/aromatic N) is 3. The molecule has 2 heterocycles. The highest BCUT2D eigenvalue weighted by atomic mass is 16.7. The molecule has 2 rings (SSSR count). The number of hydrogen-bond acceptors (Lipinski definition) is 8. The van der Waals surface area contributed by atoms with Gasteiger partial charge in [-0.05, 0) is 50.5 Å². The number of ketones is 1. The van der Waals surface area contributed by atoms with Gasteiger partial charge in [-0.1, -0.05) is 32.8 Å². The van der Waals surface area contributed by atoms with Crippen molar-refractivity contribution < 1.29 is 34.0 Å². The lowest BCUT2D eigenvalue weighted by molar-refractivity contribution is -0.292. The number of ether oxygens (including phenoxy) is 3. The Hall–Kier alpha value is -1.71. The number of rotatable bonds is 4. The number of hydrogen-bond donors (Lipinski definition) is 2. The molecule has 2 N–H and O–H groups in total. The first-order chi connectivity index (χ1) is 15.5. The molecule has 2 aliphatic rings. The van der Waals surface area contributed by atoms with Crippen molar-refractivity contribution in [3.8, 4) is 0 Å². The lowest BCUT2D eigenvalue weighted by atomic mass is 9.83. The van der Waals surface area contributed by atoms with Gasteiger partial charge in [0.1, 0.15) is 18.0 Å². The van der Waals surface area contributed by atoms with E-state index in [1.54, 1.807) is 13.8 Å². The van der Waals surface area contributed by atoms with Crippen LogP contribution >= 0.6 is 0 Å². The van der Waals surface area contributed by atoms with E-state index in [1.165, 1.54) is 0 Å². The molecule has 0 spiro atoms. The fourth-order valence-electron chi connectivity index (χ4n) is 4.87. The monoisotopic (exact) mass is 469 g/mol. The van der Waals surface area contributed by atoms with Crippen molar-refractivity contribution in [1.82, 2.24) is 0 Å². The Bertz CT molecular complexity index is 729. The van der Waals surface area contributed by atoms with Gasteiger partial charge in [0.15, 0.2) is 6.29 Å². The molecular formula is C23H39N3O7. The molecule has 0 amide bonds. The Morgan fingerprint density at radius 3 is 2.39 bits per heavy atom. The van der Waals surface area contributed by atoms with E-state index in [0.717, 1.165) is 0 Å². The number of cyclic esters (lactones) is 1. The molecule has 10 heteroatoms. The molecule has 0 bridgehead atoms. The zero-order valence-electron chi connectivity index (χ0n) is 20.5. The minimum absolute atomic E-state index is 0.0515. The molecule has 11 atom stereocenters. The van der Waals surface area contributed by atoms with Crippen molar-refractivity contribution in [1.29, 1.82) is 0 Å². The second kappa shape index (κ2) is 12.1. The van der Waals surface area contributed by atoms with Crippen molar-refractivity contribution in [2.75, 3.05) is 0 Å². The van der Waals surface area contributed by atoms with Crippen molar-refractivity contribution >= 4 is 11.8 Å². The van der Waals surface area contributed by atoms with E-state index < -0.39 is 48.6 Å². The van der Waals surface area contributed by atoms with Crippen LogP contribution in [-0.4, -0.2) is 64.8 Å². The van der Waals surface area contributed by atoms with Gasteiger partial charge in [-0.2, -0.15) is 0 Å². The minimum atomic E-state index is -1.48. The number of esters is 1. The average Bonchev–Trinajstić information content (AvgIpc) is 2.78. The molecule has 2 aliphatic heterocycles. The van der Waals surface area contributed by atoms with E-state index in [4.69, 9.17) is 19.7 Å². The van der Waals surface area contributed by atoms with E-state index in [2.05, 4.69) is 10.0 Å². The molecule has 0 aromatic carbocycles. The first kappa shape index (κ1) is 27.5. The third-order valence-corrected chi connectivity index (χ3v) is 7.14. The van der Waals surface area contributed by atoms with E-state index in [0.29, 0.717) is 25.7 Å². The lowest BCUT2D eigenvalue weighted by Crippen LogP contribution is -2.58. The van der Waals surface area contributed by atoms with Crippen molar-refractivity contribution in [3.05, 3.63) is 10.4 Å². The largest absolute Gasteiger partial charge is 0.462 e. The Morgan fingerprint density at radius 2 is 1.79 bits per heavy atom. The molecule has 0 radical (unpaired) electrons. The van der Waals surface area contributed by atoms with Crippen LogP contribution < -0.4 is 0 Å². The standard InChI is InChI=1S/C23H39N3O7/c1-7-17-11(2)8-9-16(27)12(3)10-13(4)21(14(5)22(30)32-17)33-23-20(29)19(28)18(25-26-24)15(6)31-23/h11-15,17-21,23,28-29H,7-10H2,1-6H3/t11-,12-,13+,14-,15+,17?,18+,19-,20-,21?,23+/m1/s1. The van der Waals surface area contributed by atoms with Crippen LogP contribution in [0.1, 0.15) is 67.2 Å². The van der Waals surface area contributed by atoms with Crippen LogP contribution in [0.3, 0.4) is 0 Å². The molecule has 10 nitrogen and oxygen atoms in total. The third kappa shape index (κ3) is 6.67. The highest BCUT2D eigenvalue weighted by Gasteiger charge is 2.46. The molecule has 33 heavy (non-hydrogen) atoms. The maximum Gasteiger partial charge on any atom is 0.311 e. The summed E-state index contributed by atoms with van der Waals surface area (Å²) in [7, 11) is 0. The van der Waals surface area contributed by atoms with Gasteiger partial charge >= 0.3 is 5.97 Å². The number of aliphatic hydroxyl groups is 2. The van der Waals surface area contributed by atoms with Gasteiger partial charge in [-0.3, -0.25) is 9.59 Å². The predicted molar refractivity (Wildman–Crippen MR) is 120 cm³/mol. The fourth-order valence-corrected chi connectivity index (χ4v) is 4.87. The molecule has 2 unspecified atom stereocenters. The first-order valence-electron chi connectivity index (χ1n) is 12.0. The number of Topliss-reactive ketones (excluding diaryl/α,β-unsaturated/α-hetero) is 1. The van der Waals surface area contributed by atoms with E-state index >= 15 is 0 Å². The van der Waals surface area contributed by atoms with Crippen molar-refractivity contribution in [2.45, 2.75) is 110 Å². The van der Waals surface area contributed by atoms with Gasteiger partial charge in [-0.15, -0.1) is 0 Å². The summed E-state index contributed by atoms with van der Waals surface area (Å²) >= 11 is 0. The molecule has 0 aromatic rings. The van der Waals surface area contributed by atoms with Gasteiger partial charge in [0.2, 0.25) is 0 Å². The second-order valence-electron chi connectivity index (χ2n) is 9.76. The van der Waals surface area contributed by atoms with E-state index in [1.807, 2.05) is 27.7 Å². The summed E-state index contributed by atoms with van der Waals surface area (Å²) in [5.74, 6) is -1.33. The summed E-state index contributed by atoms with van der Waals surface area (Å²) in [6.07, 6.45) is -3.60. The number of carbonyl (C=O) groups is 2. The van der Waals surface area contributed by atoms with Gasteiger partial charge in [0.25, 0.3) is 0 Å². The summed E-state index contributed by atoms with van der Waals surface area (Å²) in [6.45, 7) is 11.0. The Labute approximate surface area is 195 Å². The first-order valence-corrected chi connectivity index (χ1v) is 12.0. The fraction of sp³-hybridized carbons (Fsp3) is 0.913. The molecule has 0 aliphatic carbocycles. The second-order valence-corrected chi connectivity index (χ2v) is 9.76. The van der Waals surface area contributed by atoms with Crippen LogP contribution in [0.15, 0.2) is 5.11 Å². The molecule has 0 aromatic heterocycles. The summed E-state index contributed by atoms with van der Waals surface area (Å²) < 4.78 is 17.7. The summed E-state index contributed by atoms with van der Waals surface area (Å²) in [5, 5.41) is 24.5. The van der Waals surface area contributed by atoms with Gasteiger partial charge < -0.3 is 24.4 Å². The molecule has 2 saturated heterocycles. The third-order valence-electron chi connectivity index (χ3n) is 7.14. The lowest BCUT2D eigenvalue weighted by Gasteiger charge is -2.42. The Balaban J connectivity index is 2.30. The van der Waals surface area contributed by atoms with Crippen molar-refractivity contribution in [3.63, 3.8) is 0 Å². The van der Waals surface area contributed by atoms with Crippen LogP contribution in [0.25, 0.3) is 10.4 Å². The maximum absolute atomic E-state index is 13.1. The Morgan fingerprint density at radius 1 is 1.12 bits per heavy atom. The maximum atomic E-state index is 13.1. The van der Waals surface area contributed by atoms with Gasteiger partial charge in [-0.25, -0.2) is 0 Å². The quantitative estimate of drug-likeness (QED) is 0.278. The summed E-state index contributed by atoms with van der Waals surface area (Å²) in [4.78, 5) is 28.5. The SMILES string of the molecule is CCC1OC(=O)[C@H](C)C(O[C@@H]2O[C@@H](C)[C@H](N=[N+]=[N-])[C@@H](O)[C@H]2O)[C@@H](C)C[C@@H](C)C(=O)CC[C@H]1C. The summed E-state index contributed by atoms with van der Waals surface area (Å²) in [5.41, 5.74) is 8.72. The zero-order chi connectivity index (χ0) is 24.9. The van der Waals surface area contributed by atoms with Crippen LogP contribution in [0.4, 0.5) is 0 Å². The topological polar surface area (TPSA) is 151 Å². The van der Waals surface area contributed by atoms with Crippen molar-refractivity contribution in [2.24, 2.45) is 28.8 Å². The average molecular weight is 470 g/mol. The van der Waals surface area contributed by atoms with E-state index in [-0.39, 0.29) is 29.6 Å². The highest BCUT2D eigenvalue weighted by molar-refractivity contribution is 5.80. The highest BCUT2D eigenvalue weighted by Crippen LogP contribution is 2.32. The van der Waals surface area contributed by atoms with Crippen LogP contribution in [0.2, 0.25) is 0 Å². The van der Waals surface area contributed by atoms with Crippen LogP contribution in [0.5, 0.6) is 0 Å². The number of aliphatic hydroxyl groups excluding tert-OH is 2. The molecule has 2 fully saturated rings. The number of carbonyl (C=O) groups excluding carboxylic acids is 2. The van der Waals surface area contributed by atoms with Gasteiger partial charge in [0, 0.05) is 17.3 Å². The molecular weight excluding hydrogens is 430 g/mol. The van der Waals surface area contributed by atoms with Crippen LogP contribution in [0, 0.1) is 23.7 Å². The van der Waals surface area contributed by atoms with E-state index in [9.17, 15) is 19.8 Å². The predicted octanol–water partition coefficient (Wildman–Crippen LogP) is 3.14. The van der Waals surface area contributed by atoms with Crippen LogP contribution in [-0.2, 0) is 23.8 Å². The molecule has 0 saturated carbocycles. The normalized spacial score (nSPS) is 43.6. The summed E-state index contributed by atoms with van der Waals surface area (Å²) in [6, 6.07) is -0.967. The smallest absolute Gasteiger partial charge is 0.311 e. The molecule has 188 valence electrons. The zero-order valence-corrected chi connectivity index (χ0v) is 20.5. The van der Waals surface area contributed by atoms with Gasteiger partial charge in [0.05, 0.1) is 30.3 Å². The minimum Gasteiger partial charge on any atom is -0.462 e. The Kier molecular flexibility index (Phi) is 10.1. The number of azide groups is 1.